The van der Waals surface area contributed by atoms with Gasteiger partial charge in [0.1, 0.15) is 5.75 Å². The maximum Gasteiger partial charge on any atom is 0.261 e. The van der Waals surface area contributed by atoms with E-state index in [4.69, 9.17) is 9.15 Å². The Morgan fingerprint density at radius 1 is 1.28 bits per heavy atom. The molecule has 6 heteroatoms. The van der Waals surface area contributed by atoms with Crippen molar-refractivity contribution in [1.29, 1.82) is 0 Å². The highest BCUT2D eigenvalue weighted by Gasteiger charge is 2.29. The molecule has 1 amide bonds. The predicted octanol–water partition coefficient (Wildman–Crippen LogP) is 3.44. The van der Waals surface area contributed by atoms with Crippen molar-refractivity contribution in [2.75, 3.05) is 0 Å². The third-order valence-corrected chi connectivity index (χ3v) is 5.18. The lowest BCUT2D eigenvalue weighted by Crippen LogP contribution is -2.48. The van der Waals surface area contributed by atoms with Crippen LogP contribution in [0.3, 0.4) is 0 Å². The third-order valence-electron chi connectivity index (χ3n) is 5.18. The number of amides is 1. The standard InChI is InChI=1S/C19H25N3O3/c1-12-5-4-6-17(13(12)2)21-18(23)14(3)25-16-9-7-15(8-10-16)19-22-20-11-24-19/h7-14,17H,4-6H2,1-3H3,(H,21,23)/t12-,13+,14+,17+/m0/s1. The highest BCUT2D eigenvalue weighted by molar-refractivity contribution is 5.81. The maximum atomic E-state index is 12.5. The second-order valence-electron chi connectivity index (χ2n) is 6.91. The Morgan fingerprint density at radius 2 is 2.04 bits per heavy atom. The average Bonchev–Trinajstić information content (AvgIpc) is 3.14. The second kappa shape index (κ2) is 7.68. The van der Waals surface area contributed by atoms with Crippen LogP contribution in [0, 0.1) is 11.8 Å². The van der Waals surface area contributed by atoms with Crippen LogP contribution in [-0.4, -0.2) is 28.3 Å². The van der Waals surface area contributed by atoms with Crippen molar-refractivity contribution in [2.24, 2.45) is 11.8 Å². The molecular formula is C19H25N3O3. The molecule has 0 unspecified atom stereocenters. The Kier molecular flexibility index (Phi) is 5.36. The van der Waals surface area contributed by atoms with Crippen molar-refractivity contribution in [1.82, 2.24) is 15.5 Å². The summed E-state index contributed by atoms with van der Waals surface area (Å²) in [5.41, 5.74) is 0.812. The first-order valence-electron chi connectivity index (χ1n) is 8.88. The van der Waals surface area contributed by atoms with Crippen LogP contribution in [0.2, 0.25) is 0 Å². The van der Waals surface area contributed by atoms with Crippen LogP contribution >= 0.6 is 0 Å². The Bertz CT molecular complexity index is 684. The molecule has 1 heterocycles. The summed E-state index contributed by atoms with van der Waals surface area (Å²) in [6.45, 7) is 6.25. The molecule has 0 aliphatic heterocycles. The monoisotopic (exact) mass is 343 g/mol. The van der Waals surface area contributed by atoms with Crippen LogP contribution in [0.25, 0.3) is 11.5 Å². The molecule has 0 radical (unpaired) electrons. The van der Waals surface area contributed by atoms with Crippen LogP contribution in [0.4, 0.5) is 0 Å². The lowest BCUT2D eigenvalue weighted by Gasteiger charge is -2.35. The average molecular weight is 343 g/mol. The first kappa shape index (κ1) is 17.5. The topological polar surface area (TPSA) is 77.2 Å². The van der Waals surface area contributed by atoms with E-state index in [-0.39, 0.29) is 11.9 Å². The number of aromatic nitrogens is 2. The molecule has 25 heavy (non-hydrogen) atoms. The minimum absolute atomic E-state index is 0.0630. The Morgan fingerprint density at radius 3 is 2.72 bits per heavy atom. The summed E-state index contributed by atoms with van der Waals surface area (Å²) in [4.78, 5) is 12.5. The van der Waals surface area contributed by atoms with Gasteiger partial charge in [0, 0.05) is 11.6 Å². The summed E-state index contributed by atoms with van der Waals surface area (Å²) in [6.07, 6.45) is 4.20. The molecule has 4 atom stereocenters. The Labute approximate surface area is 148 Å². The fourth-order valence-corrected chi connectivity index (χ4v) is 3.32. The summed E-state index contributed by atoms with van der Waals surface area (Å²) in [5, 5.41) is 10.7. The second-order valence-corrected chi connectivity index (χ2v) is 6.91. The molecule has 0 saturated heterocycles. The summed E-state index contributed by atoms with van der Waals surface area (Å²) in [7, 11) is 0. The van der Waals surface area contributed by atoms with E-state index in [1.54, 1.807) is 19.1 Å². The normalized spacial score (nSPS) is 24.5. The van der Waals surface area contributed by atoms with Crippen molar-refractivity contribution in [3.63, 3.8) is 0 Å². The van der Waals surface area contributed by atoms with E-state index >= 15 is 0 Å². The van der Waals surface area contributed by atoms with E-state index < -0.39 is 6.10 Å². The number of benzene rings is 1. The van der Waals surface area contributed by atoms with E-state index in [9.17, 15) is 4.79 Å². The van der Waals surface area contributed by atoms with Gasteiger partial charge in [0.05, 0.1) is 0 Å². The van der Waals surface area contributed by atoms with E-state index in [0.29, 0.717) is 23.5 Å². The number of nitrogens with one attached hydrogen (secondary N) is 1. The molecule has 1 aliphatic carbocycles. The van der Waals surface area contributed by atoms with E-state index in [2.05, 4.69) is 29.4 Å². The molecule has 1 aromatic heterocycles. The van der Waals surface area contributed by atoms with Gasteiger partial charge in [-0.25, -0.2) is 0 Å². The molecule has 1 saturated carbocycles. The number of carbonyl (C=O) groups excluding carboxylic acids is 1. The first-order valence-corrected chi connectivity index (χ1v) is 8.88. The lowest BCUT2D eigenvalue weighted by atomic mass is 9.78. The molecule has 0 spiro atoms. The van der Waals surface area contributed by atoms with E-state index in [1.165, 1.54) is 19.2 Å². The van der Waals surface area contributed by atoms with Gasteiger partial charge < -0.3 is 14.5 Å². The maximum absolute atomic E-state index is 12.5. The highest BCUT2D eigenvalue weighted by atomic mass is 16.5. The van der Waals surface area contributed by atoms with E-state index in [1.807, 2.05) is 12.1 Å². The molecule has 2 aromatic rings. The minimum Gasteiger partial charge on any atom is -0.481 e. The number of carbonyl (C=O) groups is 1. The number of nitrogens with zero attached hydrogens (tertiary/aromatic N) is 2. The van der Waals surface area contributed by atoms with Crippen molar-refractivity contribution in [2.45, 2.75) is 52.2 Å². The molecular weight excluding hydrogens is 318 g/mol. The fraction of sp³-hybridized carbons (Fsp3) is 0.526. The lowest BCUT2D eigenvalue weighted by molar-refractivity contribution is -0.128. The smallest absolute Gasteiger partial charge is 0.261 e. The highest BCUT2D eigenvalue weighted by Crippen LogP contribution is 2.29. The Balaban J connectivity index is 1.56. The van der Waals surface area contributed by atoms with Crippen molar-refractivity contribution in [3.8, 4) is 17.2 Å². The largest absolute Gasteiger partial charge is 0.481 e. The van der Waals surface area contributed by atoms with Gasteiger partial charge in [-0.05, 0) is 49.4 Å². The van der Waals surface area contributed by atoms with Gasteiger partial charge >= 0.3 is 0 Å². The summed E-state index contributed by atoms with van der Waals surface area (Å²) < 4.78 is 10.9. The molecule has 134 valence electrons. The van der Waals surface area contributed by atoms with Gasteiger partial charge in [0.25, 0.3) is 5.91 Å². The third kappa shape index (κ3) is 4.18. The van der Waals surface area contributed by atoms with Gasteiger partial charge in [0.2, 0.25) is 12.3 Å². The zero-order chi connectivity index (χ0) is 17.8. The van der Waals surface area contributed by atoms with Crippen molar-refractivity contribution < 1.29 is 13.9 Å². The number of rotatable bonds is 5. The van der Waals surface area contributed by atoms with Gasteiger partial charge in [-0.3, -0.25) is 4.79 Å². The van der Waals surface area contributed by atoms with Crippen LogP contribution < -0.4 is 10.1 Å². The van der Waals surface area contributed by atoms with Gasteiger partial charge in [-0.15, -0.1) is 10.2 Å². The number of hydrogen-bond donors (Lipinski definition) is 1. The van der Waals surface area contributed by atoms with Crippen LogP contribution in [0.5, 0.6) is 5.75 Å². The predicted molar refractivity (Wildman–Crippen MR) is 93.9 cm³/mol. The molecule has 3 rings (SSSR count). The number of ether oxygens (including phenoxy) is 1. The molecule has 1 fully saturated rings. The van der Waals surface area contributed by atoms with E-state index in [0.717, 1.165) is 12.0 Å². The van der Waals surface area contributed by atoms with Gasteiger partial charge in [0.15, 0.2) is 6.10 Å². The molecule has 0 bridgehead atoms. The zero-order valence-electron chi connectivity index (χ0n) is 14.9. The molecule has 1 N–H and O–H groups in total. The van der Waals surface area contributed by atoms with Crippen molar-refractivity contribution >= 4 is 5.91 Å². The summed E-state index contributed by atoms with van der Waals surface area (Å²) in [5.74, 6) is 2.17. The van der Waals surface area contributed by atoms with Gasteiger partial charge in [-0.1, -0.05) is 26.7 Å². The van der Waals surface area contributed by atoms with Crippen LogP contribution in [0.15, 0.2) is 35.1 Å². The quantitative estimate of drug-likeness (QED) is 0.900. The van der Waals surface area contributed by atoms with Crippen LogP contribution in [0.1, 0.15) is 40.0 Å². The van der Waals surface area contributed by atoms with Gasteiger partial charge in [-0.2, -0.15) is 0 Å². The summed E-state index contributed by atoms with van der Waals surface area (Å²) >= 11 is 0. The fourth-order valence-electron chi connectivity index (χ4n) is 3.32. The molecule has 1 aliphatic rings. The Hall–Kier alpha value is -2.37. The number of hydrogen-bond acceptors (Lipinski definition) is 5. The first-order chi connectivity index (χ1) is 12.0. The SMILES string of the molecule is C[C@@H]1[C@@H](C)CCC[C@H]1NC(=O)[C@@H](C)Oc1ccc(-c2nnco2)cc1. The van der Waals surface area contributed by atoms with Crippen LogP contribution in [-0.2, 0) is 4.79 Å². The molecule has 6 nitrogen and oxygen atoms in total. The van der Waals surface area contributed by atoms with Crippen molar-refractivity contribution in [3.05, 3.63) is 30.7 Å². The molecule has 1 aromatic carbocycles. The summed E-state index contributed by atoms with van der Waals surface area (Å²) in [6, 6.07) is 7.50. The minimum atomic E-state index is -0.543. The zero-order valence-corrected chi connectivity index (χ0v) is 14.9.